The molecule has 0 radical (unpaired) electrons. The fourth-order valence-electron chi connectivity index (χ4n) is 6.73. The lowest BCUT2D eigenvalue weighted by Crippen LogP contribution is -2.66. The van der Waals surface area contributed by atoms with Crippen molar-refractivity contribution in [1.82, 2.24) is 14.9 Å². The SMILES string of the molecule is CC1(C)CC=C(c2cc(C3(O)CC(C)(C)N(CC(F)(F)F)C(C)(C)C3)ccc2CC(=O)c2ncc(C#N)[nH]2)CC1. The van der Waals surface area contributed by atoms with E-state index >= 15 is 0 Å². The Balaban J connectivity index is 1.73. The van der Waals surface area contributed by atoms with Crippen LogP contribution in [-0.4, -0.2) is 49.6 Å². The number of imidazole rings is 1. The van der Waals surface area contributed by atoms with E-state index < -0.39 is 29.4 Å². The Hall–Kier alpha value is -2.96. The third-order valence-corrected chi connectivity index (χ3v) is 8.53. The van der Waals surface area contributed by atoms with Gasteiger partial charge in [-0.3, -0.25) is 9.69 Å². The van der Waals surface area contributed by atoms with E-state index in [2.05, 4.69) is 29.9 Å². The van der Waals surface area contributed by atoms with Gasteiger partial charge in [-0.05, 0) is 93.5 Å². The first-order valence-electron chi connectivity index (χ1n) is 13.7. The van der Waals surface area contributed by atoms with Crippen molar-refractivity contribution in [3.8, 4) is 6.07 Å². The standard InChI is InChI=1S/C31H39F3N4O2/c1-27(2)11-9-20(10-12-27)24-14-22(8-7-21(24)13-25(39)26-36-16-23(15-35)37-26)30(40)17-28(3,4)38(19-31(32,33)34)29(5,6)18-30/h7-9,14,16,40H,10-13,17-19H2,1-6H3,(H,36,37). The maximum atomic E-state index is 13.5. The average molecular weight is 557 g/mol. The lowest BCUT2D eigenvalue weighted by atomic mass is 9.67. The molecular formula is C31H39F3N4O2. The van der Waals surface area contributed by atoms with Crippen LogP contribution in [0.25, 0.3) is 5.57 Å². The fourth-order valence-corrected chi connectivity index (χ4v) is 6.73. The Morgan fingerprint density at radius 3 is 2.33 bits per heavy atom. The number of H-pyrrole nitrogens is 1. The summed E-state index contributed by atoms with van der Waals surface area (Å²) in [6.45, 7) is 10.4. The number of carbonyl (C=O) groups is 1. The zero-order valence-electron chi connectivity index (χ0n) is 24.2. The number of allylic oxidation sites excluding steroid dienone is 2. The molecule has 0 amide bonds. The number of piperidine rings is 1. The molecule has 0 unspecified atom stereocenters. The Morgan fingerprint density at radius 1 is 1.15 bits per heavy atom. The summed E-state index contributed by atoms with van der Waals surface area (Å²) in [7, 11) is 0. The van der Waals surface area contributed by atoms with Crippen LogP contribution in [0.2, 0.25) is 0 Å². The molecule has 1 fully saturated rings. The molecule has 1 aliphatic heterocycles. The molecule has 216 valence electrons. The predicted molar refractivity (Wildman–Crippen MR) is 147 cm³/mol. The van der Waals surface area contributed by atoms with Crippen molar-refractivity contribution in [1.29, 1.82) is 5.26 Å². The number of alkyl halides is 3. The minimum absolute atomic E-state index is 0.0590. The zero-order valence-corrected chi connectivity index (χ0v) is 24.2. The van der Waals surface area contributed by atoms with Crippen LogP contribution < -0.4 is 0 Å². The Kier molecular flexibility index (Phi) is 7.61. The molecule has 1 aromatic carbocycles. The number of aliphatic hydroxyl groups is 1. The van der Waals surface area contributed by atoms with Crippen LogP contribution >= 0.6 is 0 Å². The number of carbonyl (C=O) groups excluding carboxylic acids is 1. The van der Waals surface area contributed by atoms with Gasteiger partial charge in [0.05, 0.1) is 18.3 Å². The molecule has 9 heteroatoms. The zero-order chi connectivity index (χ0) is 29.7. The van der Waals surface area contributed by atoms with E-state index in [1.807, 2.05) is 18.2 Å². The van der Waals surface area contributed by atoms with Gasteiger partial charge in [0.15, 0.2) is 5.82 Å². The summed E-state index contributed by atoms with van der Waals surface area (Å²) in [5.41, 5.74) is 0.557. The number of ketones is 1. The molecule has 6 nitrogen and oxygen atoms in total. The summed E-state index contributed by atoms with van der Waals surface area (Å²) in [4.78, 5) is 21.3. The van der Waals surface area contributed by atoms with Crippen LogP contribution in [-0.2, 0) is 12.0 Å². The molecule has 0 saturated carbocycles. The molecule has 1 aromatic heterocycles. The van der Waals surface area contributed by atoms with Gasteiger partial charge in [-0.1, -0.05) is 32.1 Å². The van der Waals surface area contributed by atoms with Crippen molar-refractivity contribution in [3.63, 3.8) is 0 Å². The second kappa shape index (κ2) is 10.1. The molecular weight excluding hydrogens is 517 g/mol. The van der Waals surface area contributed by atoms with Crippen LogP contribution in [0.15, 0.2) is 30.5 Å². The minimum Gasteiger partial charge on any atom is -0.385 e. The van der Waals surface area contributed by atoms with Gasteiger partial charge >= 0.3 is 6.18 Å². The van der Waals surface area contributed by atoms with Crippen molar-refractivity contribution in [2.24, 2.45) is 5.41 Å². The smallest absolute Gasteiger partial charge is 0.385 e. The molecule has 2 aromatic rings. The molecule has 4 rings (SSSR count). The molecule has 1 saturated heterocycles. The van der Waals surface area contributed by atoms with Gasteiger partial charge in [-0.2, -0.15) is 18.4 Å². The van der Waals surface area contributed by atoms with Crippen LogP contribution in [0.5, 0.6) is 0 Å². The second-order valence-corrected chi connectivity index (χ2v) is 13.5. The van der Waals surface area contributed by atoms with E-state index in [1.165, 1.54) is 11.1 Å². The highest BCUT2D eigenvalue weighted by atomic mass is 19.4. The third-order valence-electron chi connectivity index (χ3n) is 8.53. The first-order valence-corrected chi connectivity index (χ1v) is 13.7. The Labute approximate surface area is 234 Å². The topological polar surface area (TPSA) is 93.0 Å². The van der Waals surface area contributed by atoms with Gasteiger partial charge in [0, 0.05) is 17.5 Å². The summed E-state index contributed by atoms with van der Waals surface area (Å²) in [5, 5.41) is 21.2. The van der Waals surface area contributed by atoms with Crippen LogP contribution in [0, 0.1) is 16.7 Å². The minimum atomic E-state index is -4.35. The average Bonchev–Trinajstić information content (AvgIpc) is 3.30. The number of likely N-dealkylation sites (tertiary alicyclic amines) is 1. The highest BCUT2D eigenvalue weighted by molar-refractivity contribution is 5.95. The van der Waals surface area contributed by atoms with Crippen molar-refractivity contribution >= 4 is 11.4 Å². The van der Waals surface area contributed by atoms with E-state index in [0.29, 0.717) is 5.56 Å². The normalized spacial score (nSPS) is 21.9. The summed E-state index contributed by atoms with van der Waals surface area (Å²) in [6.07, 6.45) is 2.15. The molecule has 2 N–H and O–H groups in total. The van der Waals surface area contributed by atoms with Crippen molar-refractivity contribution in [3.05, 3.63) is 58.7 Å². The van der Waals surface area contributed by atoms with Gasteiger partial charge in [0.25, 0.3) is 0 Å². The van der Waals surface area contributed by atoms with Crippen LogP contribution in [0.1, 0.15) is 107 Å². The molecule has 40 heavy (non-hydrogen) atoms. The first-order chi connectivity index (χ1) is 18.3. The molecule has 0 atom stereocenters. The van der Waals surface area contributed by atoms with E-state index in [-0.39, 0.29) is 42.0 Å². The van der Waals surface area contributed by atoms with Gasteiger partial charge in [0.1, 0.15) is 11.8 Å². The fraction of sp³-hybridized carbons (Fsp3) is 0.581. The van der Waals surface area contributed by atoms with Gasteiger partial charge < -0.3 is 10.1 Å². The Bertz CT molecular complexity index is 1340. The van der Waals surface area contributed by atoms with Gasteiger partial charge in [0.2, 0.25) is 5.78 Å². The summed E-state index contributed by atoms with van der Waals surface area (Å²) < 4.78 is 40.5. The number of aromatic amines is 1. The quantitative estimate of drug-likeness (QED) is 0.386. The summed E-state index contributed by atoms with van der Waals surface area (Å²) in [6, 6.07) is 7.52. The highest BCUT2D eigenvalue weighted by Crippen LogP contribution is 2.50. The molecule has 1 aliphatic carbocycles. The maximum Gasteiger partial charge on any atom is 0.401 e. The van der Waals surface area contributed by atoms with Gasteiger partial charge in [-0.15, -0.1) is 0 Å². The predicted octanol–water partition coefficient (Wildman–Crippen LogP) is 6.70. The van der Waals surface area contributed by atoms with Gasteiger partial charge in [-0.25, -0.2) is 4.98 Å². The van der Waals surface area contributed by atoms with E-state index in [4.69, 9.17) is 5.26 Å². The first kappa shape index (κ1) is 30.0. The van der Waals surface area contributed by atoms with Crippen LogP contribution in [0.4, 0.5) is 13.2 Å². The lowest BCUT2D eigenvalue weighted by molar-refractivity contribution is -0.206. The molecule has 0 bridgehead atoms. The van der Waals surface area contributed by atoms with Crippen LogP contribution in [0.3, 0.4) is 0 Å². The molecule has 2 aliphatic rings. The number of Topliss-reactive ketones (excluding diaryl/α,β-unsaturated/α-hetero) is 1. The third kappa shape index (κ3) is 6.34. The number of aromatic nitrogens is 2. The van der Waals surface area contributed by atoms with E-state index in [1.54, 1.807) is 33.8 Å². The monoisotopic (exact) mass is 556 g/mol. The summed E-state index contributed by atoms with van der Waals surface area (Å²) >= 11 is 0. The van der Waals surface area contributed by atoms with Crippen molar-refractivity contribution in [2.45, 2.75) is 103 Å². The second-order valence-electron chi connectivity index (χ2n) is 13.5. The number of hydrogen-bond acceptors (Lipinski definition) is 5. The Morgan fingerprint density at radius 2 is 1.80 bits per heavy atom. The van der Waals surface area contributed by atoms with E-state index in [0.717, 1.165) is 36.0 Å². The summed E-state index contributed by atoms with van der Waals surface area (Å²) in [5.74, 6) is -0.141. The van der Waals surface area contributed by atoms with Crippen molar-refractivity contribution < 1.29 is 23.1 Å². The number of halogens is 3. The molecule has 2 heterocycles. The largest absolute Gasteiger partial charge is 0.401 e. The maximum absolute atomic E-state index is 13.5. The number of rotatable bonds is 6. The number of benzene rings is 1. The number of nitrogens with zero attached hydrogens (tertiary/aromatic N) is 3. The van der Waals surface area contributed by atoms with Crippen molar-refractivity contribution in [2.75, 3.05) is 6.54 Å². The highest BCUT2D eigenvalue weighted by Gasteiger charge is 2.54. The lowest BCUT2D eigenvalue weighted by Gasteiger charge is -2.58. The molecule has 0 spiro atoms. The van der Waals surface area contributed by atoms with E-state index in [9.17, 15) is 23.1 Å². The number of hydrogen-bond donors (Lipinski definition) is 2. The number of nitriles is 1. The number of nitrogens with one attached hydrogen (secondary N) is 1.